The van der Waals surface area contributed by atoms with E-state index in [1.807, 2.05) is 13.8 Å². The summed E-state index contributed by atoms with van der Waals surface area (Å²) < 4.78 is 22.6. The largest absolute Gasteiger partial charge is 0.415 e. The summed E-state index contributed by atoms with van der Waals surface area (Å²) in [5, 5.41) is 9.70. The second kappa shape index (κ2) is 25.6. The molecule has 0 fully saturated rings. The Labute approximate surface area is 271 Å². The number of aliphatic hydroxyl groups is 1. The number of amides is 2. The lowest BCUT2D eigenvalue weighted by molar-refractivity contribution is -0.129. The number of aliphatic hydroxyl groups excluding tert-OH is 1. The molecule has 258 valence electrons. The van der Waals surface area contributed by atoms with Crippen LogP contribution >= 0.6 is 0 Å². The lowest BCUT2D eigenvalue weighted by Crippen LogP contribution is -2.40. The molecule has 1 aromatic carbocycles. The van der Waals surface area contributed by atoms with Crippen molar-refractivity contribution in [3.8, 4) is 5.75 Å². The molecule has 45 heavy (non-hydrogen) atoms. The first-order valence-corrected chi connectivity index (χ1v) is 16.7. The monoisotopic (exact) mass is 637 g/mol. The van der Waals surface area contributed by atoms with Gasteiger partial charge < -0.3 is 38.8 Å². The summed E-state index contributed by atoms with van der Waals surface area (Å²) in [7, 11) is 0. The maximum absolute atomic E-state index is 13.0. The first-order valence-electron chi connectivity index (χ1n) is 16.7. The smallest absolute Gasteiger partial charge is 0.410 e. The summed E-state index contributed by atoms with van der Waals surface area (Å²) >= 11 is 0. The van der Waals surface area contributed by atoms with Crippen molar-refractivity contribution in [3.63, 3.8) is 0 Å². The second-order valence-corrected chi connectivity index (χ2v) is 11.0. The van der Waals surface area contributed by atoms with E-state index in [-0.39, 0.29) is 19.1 Å². The van der Waals surface area contributed by atoms with Gasteiger partial charge in [0.1, 0.15) is 11.5 Å². The highest BCUT2D eigenvalue weighted by atomic mass is 16.6. The van der Waals surface area contributed by atoms with Gasteiger partial charge in [0.05, 0.1) is 33.0 Å². The van der Waals surface area contributed by atoms with Crippen LogP contribution in [0.5, 0.6) is 5.75 Å². The van der Waals surface area contributed by atoms with Gasteiger partial charge in [-0.2, -0.15) is 0 Å². The molecule has 0 bridgehead atoms. The SMILES string of the molecule is CCCC(=O)CCCCOCCOCCOCCCN(Cc1cc(CO)ccc1OC(=O)N(CC)CCN(CC)CC)C(C)=O. The number of benzene rings is 1. The van der Waals surface area contributed by atoms with Gasteiger partial charge in [0.15, 0.2) is 0 Å². The van der Waals surface area contributed by atoms with E-state index in [0.29, 0.717) is 101 Å². The van der Waals surface area contributed by atoms with Crippen LogP contribution in [0.3, 0.4) is 0 Å². The average molecular weight is 638 g/mol. The van der Waals surface area contributed by atoms with Gasteiger partial charge in [-0.3, -0.25) is 9.59 Å². The Balaban J connectivity index is 2.44. The van der Waals surface area contributed by atoms with Crippen molar-refractivity contribution in [2.24, 2.45) is 0 Å². The van der Waals surface area contributed by atoms with Crippen LogP contribution in [0.25, 0.3) is 0 Å². The Bertz CT molecular complexity index is 957. The van der Waals surface area contributed by atoms with Crippen molar-refractivity contribution >= 4 is 17.8 Å². The van der Waals surface area contributed by atoms with Crippen molar-refractivity contribution in [3.05, 3.63) is 29.3 Å². The number of rotatable bonds is 27. The topological polar surface area (TPSA) is 118 Å². The van der Waals surface area contributed by atoms with Gasteiger partial charge in [0.25, 0.3) is 0 Å². The molecule has 0 aliphatic rings. The Morgan fingerprint density at radius 1 is 0.733 bits per heavy atom. The highest BCUT2D eigenvalue weighted by Crippen LogP contribution is 2.23. The molecule has 11 heteroatoms. The van der Waals surface area contributed by atoms with Gasteiger partial charge in [-0.1, -0.05) is 26.8 Å². The van der Waals surface area contributed by atoms with Crippen molar-refractivity contribution in [2.45, 2.75) is 86.3 Å². The van der Waals surface area contributed by atoms with Crippen molar-refractivity contribution in [2.75, 3.05) is 78.9 Å². The number of hydrogen-bond acceptors (Lipinski definition) is 9. The molecule has 1 N–H and O–H groups in total. The summed E-state index contributed by atoms with van der Waals surface area (Å²) in [6, 6.07) is 5.17. The van der Waals surface area contributed by atoms with Crippen LogP contribution in [0, 0.1) is 0 Å². The lowest BCUT2D eigenvalue weighted by Gasteiger charge is -2.26. The molecular weight excluding hydrogens is 578 g/mol. The Morgan fingerprint density at radius 3 is 1.96 bits per heavy atom. The minimum atomic E-state index is -0.435. The van der Waals surface area contributed by atoms with E-state index in [0.717, 1.165) is 38.9 Å². The molecule has 0 spiro atoms. The highest BCUT2D eigenvalue weighted by molar-refractivity contribution is 5.78. The predicted molar refractivity (Wildman–Crippen MR) is 175 cm³/mol. The van der Waals surface area contributed by atoms with E-state index >= 15 is 0 Å². The number of ketones is 1. The van der Waals surface area contributed by atoms with E-state index in [4.69, 9.17) is 18.9 Å². The van der Waals surface area contributed by atoms with Crippen molar-refractivity contribution < 1.29 is 38.4 Å². The maximum Gasteiger partial charge on any atom is 0.415 e. The van der Waals surface area contributed by atoms with Crippen LogP contribution in [0.4, 0.5) is 4.79 Å². The molecule has 0 aliphatic carbocycles. The predicted octanol–water partition coefficient (Wildman–Crippen LogP) is 4.67. The fraction of sp³-hybridized carbons (Fsp3) is 0.735. The lowest BCUT2D eigenvalue weighted by atomic mass is 10.1. The maximum atomic E-state index is 13.0. The molecule has 0 saturated carbocycles. The first kappa shape index (κ1) is 40.5. The minimum Gasteiger partial charge on any atom is -0.410 e. The molecule has 2 amide bonds. The molecule has 0 unspecified atom stereocenters. The van der Waals surface area contributed by atoms with E-state index in [9.17, 15) is 19.5 Å². The molecule has 1 aromatic rings. The van der Waals surface area contributed by atoms with Crippen LogP contribution in [0.15, 0.2) is 18.2 Å². The van der Waals surface area contributed by atoms with Gasteiger partial charge in [-0.15, -0.1) is 0 Å². The molecule has 0 heterocycles. The molecule has 1 rings (SSSR count). The van der Waals surface area contributed by atoms with Crippen LogP contribution in [-0.4, -0.2) is 116 Å². The Kier molecular flexibility index (Phi) is 23.0. The van der Waals surface area contributed by atoms with Gasteiger partial charge in [-0.25, -0.2) is 4.79 Å². The average Bonchev–Trinajstić information content (AvgIpc) is 3.03. The van der Waals surface area contributed by atoms with Crippen LogP contribution in [0.1, 0.15) is 84.3 Å². The zero-order valence-corrected chi connectivity index (χ0v) is 28.5. The van der Waals surface area contributed by atoms with Crippen LogP contribution in [0.2, 0.25) is 0 Å². The fourth-order valence-corrected chi connectivity index (χ4v) is 4.68. The number of likely N-dealkylation sites (N-methyl/N-ethyl adjacent to an activating group) is 2. The summed E-state index contributed by atoms with van der Waals surface area (Å²) in [5.74, 6) is 0.603. The number of Topliss-reactive ketones (excluding diaryl/α,β-unsaturated/α-hetero) is 1. The third kappa shape index (κ3) is 18.2. The standard InChI is InChI=1S/C34H59N3O8/c1-6-13-32(40)14-10-11-20-42-22-24-44-25-23-43-21-12-17-37(29(5)39)27-31-26-30(28-38)15-16-33(31)45-34(41)36(9-4)19-18-35(7-2)8-3/h15-16,26,38H,6-14,17-25,27-28H2,1-5H3. The van der Waals surface area contributed by atoms with E-state index < -0.39 is 6.09 Å². The number of nitrogens with zero attached hydrogens (tertiary/aromatic N) is 3. The zero-order chi connectivity index (χ0) is 33.3. The van der Waals surface area contributed by atoms with E-state index in [1.54, 1.807) is 28.0 Å². The van der Waals surface area contributed by atoms with E-state index in [2.05, 4.69) is 18.7 Å². The van der Waals surface area contributed by atoms with Gasteiger partial charge in [0, 0.05) is 71.3 Å². The number of unbranched alkanes of at least 4 members (excludes halogenated alkanes) is 1. The summed E-state index contributed by atoms with van der Waals surface area (Å²) in [6.07, 6.45) is 4.16. The Hall–Kier alpha value is -2.57. The van der Waals surface area contributed by atoms with E-state index in [1.165, 1.54) is 6.92 Å². The fourth-order valence-electron chi connectivity index (χ4n) is 4.68. The molecule has 0 aliphatic heterocycles. The molecular formula is C34H59N3O8. The zero-order valence-electron chi connectivity index (χ0n) is 28.5. The van der Waals surface area contributed by atoms with Gasteiger partial charge in [-0.05, 0) is 63.4 Å². The van der Waals surface area contributed by atoms with Crippen LogP contribution < -0.4 is 4.74 Å². The third-order valence-corrected chi connectivity index (χ3v) is 7.52. The summed E-state index contributed by atoms with van der Waals surface area (Å²) in [6.45, 7) is 16.9. The number of carbonyl (C=O) groups is 3. The molecule has 0 saturated heterocycles. The first-order chi connectivity index (χ1) is 21.8. The molecule has 0 aromatic heterocycles. The second-order valence-electron chi connectivity index (χ2n) is 11.0. The van der Waals surface area contributed by atoms with Gasteiger partial charge in [0.2, 0.25) is 5.91 Å². The highest BCUT2D eigenvalue weighted by Gasteiger charge is 2.19. The Morgan fingerprint density at radius 2 is 1.38 bits per heavy atom. The number of hydrogen-bond donors (Lipinski definition) is 1. The number of ether oxygens (including phenoxy) is 4. The third-order valence-electron chi connectivity index (χ3n) is 7.52. The van der Waals surface area contributed by atoms with Gasteiger partial charge >= 0.3 is 6.09 Å². The molecule has 11 nitrogen and oxygen atoms in total. The minimum absolute atomic E-state index is 0.105. The van der Waals surface area contributed by atoms with Crippen molar-refractivity contribution in [1.29, 1.82) is 0 Å². The van der Waals surface area contributed by atoms with Crippen molar-refractivity contribution in [1.82, 2.24) is 14.7 Å². The molecule has 0 atom stereocenters. The quantitative estimate of drug-likeness (QED) is 0.137. The normalized spacial score (nSPS) is 11.2. The summed E-state index contributed by atoms with van der Waals surface area (Å²) in [4.78, 5) is 42.6. The summed E-state index contributed by atoms with van der Waals surface area (Å²) in [5.41, 5.74) is 1.33. The number of carbonyl (C=O) groups excluding carboxylic acids is 3. The molecule has 0 radical (unpaired) electrons. The van der Waals surface area contributed by atoms with Crippen LogP contribution in [-0.2, 0) is 37.0 Å².